The van der Waals surface area contributed by atoms with Gasteiger partial charge in [-0.05, 0) is 6.42 Å². The number of hydrogen-bond acceptors (Lipinski definition) is 1. The van der Waals surface area contributed by atoms with Crippen molar-refractivity contribution >= 4 is 5.97 Å². The van der Waals surface area contributed by atoms with Gasteiger partial charge in [0.1, 0.15) is 0 Å². The van der Waals surface area contributed by atoms with Crippen LogP contribution in [0.5, 0.6) is 0 Å². The second-order valence-electron chi connectivity index (χ2n) is 4.68. The molecule has 0 aliphatic carbocycles. The van der Waals surface area contributed by atoms with Crippen molar-refractivity contribution in [2.24, 2.45) is 0 Å². The average molecular weight is 268 g/mol. The summed E-state index contributed by atoms with van der Waals surface area (Å²) in [6, 6.07) is 0. The largest absolute Gasteiger partial charge is 1.00 e. The standard InChI is InChI=1S/C14H28O2.K.H/c1-2-3-4-5-6-7-8-9-10-11-12-13-14(15)16;;/h2-13H2,1H3,(H,15,16);;/q;+1;-1. The molecule has 0 unspecified atom stereocenters. The molecule has 0 rings (SSSR count). The molecule has 0 aromatic rings. The third kappa shape index (κ3) is 19.6. The minimum Gasteiger partial charge on any atom is -1.00 e. The molecule has 0 atom stereocenters. The van der Waals surface area contributed by atoms with Crippen LogP contribution < -0.4 is 51.4 Å². The van der Waals surface area contributed by atoms with Gasteiger partial charge < -0.3 is 6.53 Å². The maximum Gasteiger partial charge on any atom is 1.00 e. The summed E-state index contributed by atoms with van der Waals surface area (Å²) in [5.41, 5.74) is 0. The quantitative estimate of drug-likeness (QED) is 0.433. The molecule has 0 aromatic carbocycles. The van der Waals surface area contributed by atoms with Gasteiger partial charge in [-0.2, -0.15) is 0 Å². The zero-order chi connectivity index (χ0) is 12.1. The van der Waals surface area contributed by atoms with Crippen molar-refractivity contribution in [3.8, 4) is 0 Å². The number of carboxylic acid groups (broad SMARTS) is 1. The summed E-state index contributed by atoms with van der Waals surface area (Å²) in [6.45, 7) is 2.25. The van der Waals surface area contributed by atoms with Crippen LogP contribution in [-0.2, 0) is 4.79 Å². The molecule has 98 valence electrons. The summed E-state index contributed by atoms with van der Waals surface area (Å²) in [5.74, 6) is -0.657. The van der Waals surface area contributed by atoms with Gasteiger partial charge in [-0.15, -0.1) is 0 Å². The van der Waals surface area contributed by atoms with Crippen molar-refractivity contribution in [2.75, 3.05) is 0 Å². The van der Waals surface area contributed by atoms with Gasteiger partial charge in [-0.1, -0.05) is 71.1 Å². The third-order valence-electron chi connectivity index (χ3n) is 2.99. The van der Waals surface area contributed by atoms with Crippen LogP contribution in [0.25, 0.3) is 0 Å². The number of carboxylic acids is 1. The van der Waals surface area contributed by atoms with Crippen molar-refractivity contribution in [1.82, 2.24) is 0 Å². The van der Waals surface area contributed by atoms with Gasteiger partial charge in [0.2, 0.25) is 0 Å². The smallest absolute Gasteiger partial charge is 1.00 e. The van der Waals surface area contributed by atoms with Gasteiger partial charge >= 0.3 is 57.4 Å². The summed E-state index contributed by atoms with van der Waals surface area (Å²) in [7, 11) is 0. The van der Waals surface area contributed by atoms with Crippen LogP contribution in [0.3, 0.4) is 0 Å². The second-order valence-corrected chi connectivity index (χ2v) is 4.68. The maximum absolute atomic E-state index is 10.3. The molecule has 0 aliphatic heterocycles. The van der Waals surface area contributed by atoms with E-state index in [2.05, 4.69) is 6.92 Å². The third-order valence-corrected chi connectivity index (χ3v) is 2.99. The molecule has 0 bridgehead atoms. The molecular formula is C14H29KO2. The summed E-state index contributed by atoms with van der Waals surface area (Å²) < 4.78 is 0. The topological polar surface area (TPSA) is 37.3 Å². The first-order valence-electron chi connectivity index (χ1n) is 6.99. The predicted molar refractivity (Wildman–Crippen MR) is 69.8 cm³/mol. The van der Waals surface area contributed by atoms with Crippen molar-refractivity contribution in [1.29, 1.82) is 0 Å². The molecule has 0 aliphatic rings. The van der Waals surface area contributed by atoms with Gasteiger partial charge in [0.05, 0.1) is 0 Å². The van der Waals surface area contributed by atoms with Crippen LogP contribution in [-0.4, -0.2) is 11.1 Å². The first-order chi connectivity index (χ1) is 7.77. The fourth-order valence-corrected chi connectivity index (χ4v) is 1.94. The molecule has 0 fully saturated rings. The SMILES string of the molecule is CCCCCCCCCCCCCC(=O)O.[H-].[K+]. The van der Waals surface area contributed by atoms with E-state index in [1.165, 1.54) is 57.8 Å². The number of carbonyl (C=O) groups is 1. The Morgan fingerprint density at radius 3 is 1.53 bits per heavy atom. The van der Waals surface area contributed by atoms with Crippen molar-refractivity contribution in [3.63, 3.8) is 0 Å². The van der Waals surface area contributed by atoms with Crippen molar-refractivity contribution in [3.05, 3.63) is 0 Å². The summed E-state index contributed by atoms with van der Waals surface area (Å²) in [5, 5.41) is 8.46. The molecule has 0 radical (unpaired) electrons. The van der Waals surface area contributed by atoms with E-state index >= 15 is 0 Å². The van der Waals surface area contributed by atoms with Gasteiger partial charge in [0, 0.05) is 6.42 Å². The minimum absolute atomic E-state index is 0. The molecule has 0 heterocycles. The predicted octanol–water partition coefficient (Wildman–Crippen LogP) is 1.89. The summed E-state index contributed by atoms with van der Waals surface area (Å²) in [6.07, 6.45) is 14.4. The molecule has 3 heteroatoms. The fourth-order valence-electron chi connectivity index (χ4n) is 1.94. The van der Waals surface area contributed by atoms with E-state index in [9.17, 15) is 4.79 Å². The first kappa shape index (κ1) is 20.4. The van der Waals surface area contributed by atoms with Crippen LogP contribution in [0, 0.1) is 0 Å². The van der Waals surface area contributed by atoms with Crippen LogP contribution in [0.4, 0.5) is 0 Å². The van der Waals surface area contributed by atoms with E-state index < -0.39 is 5.97 Å². The Hall–Kier alpha value is 1.11. The summed E-state index contributed by atoms with van der Waals surface area (Å²) in [4.78, 5) is 10.3. The average Bonchev–Trinajstić information content (AvgIpc) is 2.25. The Kier molecular flexibility index (Phi) is 20.6. The molecule has 1 N–H and O–H groups in total. The van der Waals surface area contributed by atoms with Crippen molar-refractivity contribution in [2.45, 2.75) is 84.0 Å². The van der Waals surface area contributed by atoms with E-state index in [-0.39, 0.29) is 52.8 Å². The molecule has 17 heavy (non-hydrogen) atoms. The Morgan fingerprint density at radius 1 is 0.824 bits per heavy atom. The Labute approximate surface area is 151 Å². The molecule has 0 saturated heterocycles. The maximum atomic E-state index is 10.3. The molecule has 0 amide bonds. The first-order valence-corrected chi connectivity index (χ1v) is 6.99. The van der Waals surface area contributed by atoms with Gasteiger partial charge in [-0.25, -0.2) is 0 Å². The van der Waals surface area contributed by atoms with E-state index in [0.717, 1.165) is 12.8 Å². The van der Waals surface area contributed by atoms with Crippen LogP contribution in [0.1, 0.15) is 85.4 Å². The van der Waals surface area contributed by atoms with E-state index in [0.29, 0.717) is 6.42 Å². The van der Waals surface area contributed by atoms with E-state index in [4.69, 9.17) is 5.11 Å². The Morgan fingerprint density at radius 2 is 1.18 bits per heavy atom. The van der Waals surface area contributed by atoms with Crippen LogP contribution >= 0.6 is 0 Å². The fraction of sp³-hybridized carbons (Fsp3) is 0.929. The molecule has 0 aromatic heterocycles. The van der Waals surface area contributed by atoms with Gasteiger partial charge in [-0.3, -0.25) is 4.79 Å². The van der Waals surface area contributed by atoms with E-state index in [1.54, 1.807) is 0 Å². The van der Waals surface area contributed by atoms with Gasteiger partial charge in [0.25, 0.3) is 0 Å². The second kappa shape index (κ2) is 17.1. The number of rotatable bonds is 12. The summed E-state index contributed by atoms with van der Waals surface area (Å²) >= 11 is 0. The number of hydrogen-bond donors (Lipinski definition) is 1. The van der Waals surface area contributed by atoms with Crippen LogP contribution in [0.15, 0.2) is 0 Å². The Balaban J connectivity index is -0.00000112. The van der Waals surface area contributed by atoms with Crippen LogP contribution in [0.2, 0.25) is 0 Å². The molecule has 0 spiro atoms. The normalized spacial score (nSPS) is 9.94. The molecular weight excluding hydrogens is 239 g/mol. The number of unbranched alkanes of at least 4 members (excludes halogenated alkanes) is 10. The zero-order valence-electron chi connectivity index (χ0n) is 12.8. The Bertz CT molecular complexity index is 166. The monoisotopic (exact) mass is 268 g/mol. The number of aliphatic carboxylic acids is 1. The minimum atomic E-state index is -0.657. The molecule has 2 nitrogen and oxygen atoms in total. The molecule has 0 saturated carbocycles. The van der Waals surface area contributed by atoms with Crippen molar-refractivity contribution < 1.29 is 62.7 Å². The van der Waals surface area contributed by atoms with E-state index in [1.807, 2.05) is 0 Å². The zero-order valence-corrected chi connectivity index (χ0v) is 15.0. The van der Waals surface area contributed by atoms with Gasteiger partial charge in [0.15, 0.2) is 0 Å².